The Balaban J connectivity index is 3.92. The van der Waals surface area contributed by atoms with Gasteiger partial charge in [-0.2, -0.15) is 0 Å². The molecule has 9 nitrogen and oxygen atoms in total. The standard InChI is InChI=1S/C70H138NO8P/c1-6-8-10-12-14-16-18-20-22-24-26-28-29-30-31-32-33-34-35-36-37-38-39-40-41-43-44-46-48-50-52-54-56-58-60-62-69(72)76-66-68(67-78-80(74,75)77-65-64-71(3,4)5)79-70(73)63-61-59-57-55-53-51-49-47-45-42-27-25-23-21-19-17-15-13-11-9-7-2/h25,27,68H,6-24,26,28-67H2,1-5H3/p+1/b27-25-. The lowest BCUT2D eigenvalue weighted by Gasteiger charge is -2.24. The molecule has 0 heterocycles. The van der Waals surface area contributed by atoms with Crippen LogP contribution in [0.5, 0.6) is 0 Å². The van der Waals surface area contributed by atoms with Crippen molar-refractivity contribution in [2.45, 2.75) is 380 Å². The predicted molar refractivity (Wildman–Crippen MR) is 345 cm³/mol. The molecule has 0 spiro atoms. The lowest BCUT2D eigenvalue weighted by atomic mass is 10.0. The maximum absolute atomic E-state index is 12.8. The molecule has 0 aliphatic rings. The fourth-order valence-corrected chi connectivity index (χ4v) is 11.6. The number of unbranched alkanes of at least 4 members (excludes halogenated alkanes) is 51. The zero-order valence-electron chi connectivity index (χ0n) is 54.4. The molecule has 0 saturated heterocycles. The van der Waals surface area contributed by atoms with Crippen molar-refractivity contribution in [1.29, 1.82) is 0 Å². The molecule has 0 aromatic heterocycles. The highest BCUT2D eigenvalue weighted by atomic mass is 31.2. The summed E-state index contributed by atoms with van der Waals surface area (Å²) in [5, 5.41) is 0. The minimum absolute atomic E-state index is 0.0353. The number of carbonyl (C=O) groups is 2. The van der Waals surface area contributed by atoms with Crippen molar-refractivity contribution in [3.63, 3.8) is 0 Å². The molecule has 0 saturated carbocycles. The van der Waals surface area contributed by atoms with E-state index in [9.17, 15) is 19.0 Å². The van der Waals surface area contributed by atoms with Crippen molar-refractivity contribution >= 4 is 19.8 Å². The minimum atomic E-state index is -4.39. The van der Waals surface area contributed by atoms with Gasteiger partial charge in [0.1, 0.15) is 19.8 Å². The van der Waals surface area contributed by atoms with Gasteiger partial charge in [0, 0.05) is 12.8 Å². The number of quaternary nitrogens is 1. The third-order valence-corrected chi connectivity index (χ3v) is 17.3. The Hall–Kier alpha value is -1.25. The number of carbonyl (C=O) groups excluding carboxylic acids is 2. The van der Waals surface area contributed by atoms with Crippen molar-refractivity contribution < 1.29 is 42.1 Å². The van der Waals surface area contributed by atoms with E-state index < -0.39 is 26.5 Å². The first-order chi connectivity index (χ1) is 39.0. The van der Waals surface area contributed by atoms with Gasteiger partial charge in [0.05, 0.1) is 27.7 Å². The summed E-state index contributed by atoms with van der Waals surface area (Å²) >= 11 is 0. The van der Waals surface area contributed by atoms with Gasteiger partial charge in [-0.3, -0.25) is 18.6 Å². The van der Waals surface area contributed by atoms with E-state index in [1.165, 1.54) is 308 Å². The fraction of sp³-hybridized carbons (Fsp3) is 0.943. The Morgan fingerprint density at radius 1 is 0.375 bits per heavy atom. The van der Waals surface area contributed by atoms with Crippen LogP contribution in [-0.4, -0.2) is 74.9 Å². The van der Waals surface area contributed by atoms with Crippen LogP contribution in [0.4, 0.5) is 0 Å². The average Bonchev–Trinajstić information content (AvgIpc) is 3.42. The molecule has 0 fully saturated rings. The Kier molecular flexibility index (Phi) is 61.3. The molecule has 0 aromatic carbocycles. The van der Waals surface area contributed by atoms with Gasteiger partial charge in [-0.25, -0.2) is 4.57 Å². The van der Waals surface area contributed by atoms with Crippen molar-refractivity contribution in [2.24, 2.45) is 0 Å². The van der Waals surface area contributed by atoms with E-state index in [1.807, 2.05) is 21.1 Å². The number of allylic oxidation sites excluding steroid dienone is 2. The van der Waals surface area contributed by atoms with Crippen LogP contribution < -0.4 is 0 Å². The largest absolute Gasteiger partial charge is 0.472 e. The molecule has 80 heavy (non-hydrogen) atoms. The van der Waals surface area contributed by atoms with Crippen LogP contribution in [0, 0.1) is 0 Å². The van der Waals surface area contributed by atoms with Crippen LogP contribution >= 0.6 is 7.82 Å². The summed E-state index contributed by atoms with van der Waals surface area (Å²) in [6.45, 7) is 4.51. The lowest BCUT2D eigenvalue weighted by molar-refractivity contribution is -0.870. The number of phosphoric ester groups is 1. The second-order valence-corrected chi connectivity index (χ2v) is 27.1. The van der Waals surface area contributed by atoms with Crippen LogP contribution in [-0.2, 0) is 32.7 Å². The maximum Gasteiger partial charge on any atom is 0.472 e. The summed E-state index contributed by atoms with van der Waals surface area (Å²) in [6.07, 6.45) is 76.2. The van der Waals surface area contributed by atoms with Gasteiger partial charge in [-0.05, 0) is 38.5 Å². The molecule has 0 aliphatic heterocycles. The number of likely N-dealkylation sites (N-methyl/N-ethyl adjacent to an activating group) is 1. The van der Waals surface area contributed by atoms with Crippen LogP contribution in [0.25, 0.3) is 0 Å². The molecule has 2 unspecified atom stereocenters. The van der Waals surface area contributed by atoms with Gasteiger partial charge < -0.3 is 18.9 Å². The highest BCUT2D eigenvalue weighted by Gasteiger charge is 2.27. The fourth-order valence-electron chi connectivity index (χ4n) is 10.8. The number of hydrogen-bond acceptors (Lipinski definition) is 7. The normalized spacial score (nSPS) is 13.1. The highest BCUT2D eigenvalue weighted by Crippen LogP contribution is 2.43. The monoisotopic (exact) mass is 1150 g/mol. The van der Waals surface area contributed by atoms with Crippen LogP contribution in [0.2, 0.25) is 0 Å². The molecule has 0 aliphatic carbocycles. The lowest BCUT2D eigenvalue weighted by Crippen LogP contribution is -2.37. The van der Waals surface area contributed by atoms with Crippen molar-refractivity contribution in [2.75, 3.05) is 47.5 Å². The number of phosphoric acid groups is 1. The number of nitrogens with zero attached hydrogens (tertiary/aromatic N) is 1. The van der Waals surface area contributed by atoms with E-state index >= 15 is 0 Å². The van der Waals surface area contributed by atoms with Crippen LogP contribution in [0.15, 0.2) is 12.2 Å². The summed E-state index contributed by atoms with van der Waals surface area (Å²) in [4.78, 5) is 35.8. The number of esters is 2. The average molecular weight is 1150 g/mol. The Morgan fingerprint density at radius 2 is 0.637 bits per heavy atom. The molecule has 1 N–H and O–H groups in total. The summed E-state index contributed by atoms with van der Waals surface area (Å²) in [5.74, 6) is -0.776. The van der Waals surface area contributed by atoms with E-state index in [4.69, 9.17) is 18.5 Å². The smallest absolute Gasteiger partial charge is 0.462 e. The molecule has 0 bridgehead atoms. The Labute approximate surface area is 498 Å². The number of rotatable bonds is 67. The van der Waals surface area contributed by atoms with E-state index in [-0.39, 0.29) is 25.6 Å². The molecule has 10 heteroatoms. The molecule has 0 radical (unpaired) electrons. The first-order valence-electron chi connectivity index (χ1n) is 35.4. The van der Waals surface area contributed by atoms with E-state index in [1.54, 1.807) is 0 Å². The molecule has 0 rings (SSSR count). The molecular weight excluding hydrogens is 1010 g/mol. The quantitative estimate of drug-likeness (QED) is 0.0211. The second-order valence-electron chi connectivity index (χ2n) is 25.6. The van der Waals surface area contributed by atoms with E-state index in [2.05, 4.69) is 26.0 Å². The van der Waals surface area contributed by atoms with Crippen LogP contribution in [0.3, 0.4) is 0 Å². The van der Waals surface area contributed by atoms with Gasteiger partial charge in [0.2, 0.25) is 0 Å². The van der Waals surface area contributed by atoms with Crippen LogP contribution in [0.1, 0.15) is 373 Å². The highest BCUT2D eigenvalue weighted by molar-refractivity contribution is 7.47. The van der Waals surface area contributed by atoms with E-state index in [0.717, 1.165) is 32.1 Å². The Morgan fingerprint density at radius 3 is 0.925 bits per heavy atom. The zero-order chi connectivity index (χ0) is 58.4. The summed E-state index contributed by atoms with van der Waals surface area (Å²) in [6, 6.07) is 0. The van der Waals surface area contributed by atoms with Crippen molar-refractivity contribution in [3.05, 3.63) is 12.2 Å². The summed E-state index contributed by atoms with van der Waals surface area (Å²) in [5.41, 5.74) is 0. The molecular formula is C70H139NO8P+. The summed E-state index contributed by atoms with van der Waals surface area (Å²) < 4.78 is 34.7. The van der Waals surface area contributed by atoms with E-state index in [0.29, 0.717) is 23.9 Å². The van der Waals surface area contributed by atoms with Gasteiger partial charge in [-0.15, -0.1) is 0 Å². The molecule has 0 aromatic rings. The molecule has 0 amide bonds. The van der Waals surface area contributed by atoms with Gasteiger partial charge >= 0.3 is 19.8 Å². The third kappa shape index (κ3) is 65.9. The first kappa shape index (κ1) is 78.8. The van der Waals surface area contributed by atoms with Crippen molar-refractivity contribution in [1.82, 2.24) is 0 Å². The number of ether oxygens (including phenoxy) is 2. The molecule has 2 atom stereocenters. The topological polar surface area (TPSA) is 108 Å². The third-order valence-electron chi connectivity index (χ3n) is 16.3. The SMILES string of the molecule is CCCCCCCCCC/C=C\CCCCCCCCCCCC(=O)OC(COC(=O)CCCCCCCCCCCCCCCCCCCCCCCCCCCCCCCCCCCCC)COP(=O)(O)OCC[N+](C)(C)C. The molecule has 476 valence electrons. The Bertz CT molecular complexity index is 1350. The van der Waals surface area contributed by atoms with Crippen molar-refractivity contribution in [3.8, 4) is 0 Å². The predicted octanol–water partition coefficient (Wildman–Crippen LogP) is 22.7. The first-order valence-corrected chi connectivity index (χ1v) is 36.9. The van der Waals surface area contributed by atoms with Gasteiger partial charge in [-0.1, -0.05) is 334 Å². The minimum Gasteiger partial charge on any atom is -0.462 e. The zero-order valence-corrected chi connectivity index (χ0v) is 55.3. The summed E-state index contributed by atoms with van der Waals surface area (Å²) in [7, 11) is 1.50. The number of hydrogen-bond donors (Lipinski definition) is 1. The van der Waals surface area contributed by atoms with Gasteiger partial charge in [0.15, 0.2) is 6.10 Å². The maximum atomic E-state index is 12.8. The van der Waals surface area contributed by atoms with Gasteiger partial charge in [0.25, 0.3) is 0 Å². The second kappa shape index (κ2) is 62.3.